The molecule has 1 aliphatic carbocycles. The Morgan fingerprint density at radius 2 is 1.47 bits per heavy atom. The van der Waals surface area contributed by atoms with Crippen LogP contribution in [-0.2, 0) is 11.3 Å². The van der Waals surface area contributed by atoms with Crippen LogP contribution in [0.5, 0.6) is 0 Å². The molecule has 158 valence electrons. The van der Waals surface area contributed by atoms with Crippen LogP contribution in [0.1, 0.15) is 53.0 Å². The summed E-state index contributed by atoms with van der Waals surface area (Å²) in [5.74, 6) is -0.222. The van der Waals surface area contributed by atoms with Crippen molar-refractivity contribution in [2.75, 3.05) is 18.4 Å². The lowest BCUT2D eigenvalue weighted by molar-refractivity contribution is -0.0704. The molecule has 1 saturated carbocycles. The number of morpholine rings is 1. The van der Waals surface area contributed by atoms with Gasteiger partial charge in [0.2, 0.25) is 0 Å². The first-order chi connectivity index (χ1) is 14.5. The fourth-order valence-electron chi connectivity index (χ4n) is 3.84. The molecule has 2 aromatic carbocycles. The standard InChI is InChI=1S/C24H29N3O3/c1-16-13-27(14-17(2)30-16)15-18-3-5-19(6-4-18)23(28)25-21-9-7-20(8-10-21)24(29)26-22-11-12-22/h3-10,16-17,22H,11-15H2,1-2H3,(H,25,28)(H,26,29). The molecule has 0 aromatic heterocycles. The molecular formula is C24H29N3O3. The Kier molecular flexibility index (Phi) is 6.16. The fourth-order valence-corrected chi connectivity index (χ4v) is 3.84. The number of anilines is 1. The fraction of sp³-hybridized carbons (Fsp3) is 0.417. The Labute approximate surface area is 177 Å². The third-order valence-electron chi connectivity index (χ3n) is 5.44. The minimum Gasteiger partial charge on any atom is -0.373 e. The van der Waals surface area contributed by atoms with Gasteiger partial charge in [-0.05, 0) is 68.7 Å². The van der Waals surface area contributed by atoms with Gasteiger partial charge in [-0.2, -0.15) is 0 Å². The first-order valence-corrected chi connectivity index (χ1v) is 10.7. The van der Waals surface area contributed by atoms with E-state index in [4.69, 9.17) is 4.74 Å². The second-order valence-electron chi connectivity index (χ2n) is 8.43. The summed E-state index contributed by atoms with van der Waals surface area (Å²) in [5, 5.41) is 5.85. The topological polar surface area (TPSA) is 70.7 Å². The van der Waals surface area contributed by atoms with Crippen LogP contribution in [-0.4, -0.2) is 48.1 Å². The van der Waals surface area contributed by atoms with Crippen LogP contribution in [0, 0.1) is 0 Å². The first-order valence-electron chi connectivity index (χ1n) is 10.7. The predicted molar refractivity (Wildman–Crippen MR) is 117 cm³/mol. The van der Waals surface area contributed by atoms with E-state index in [1.807, 2.05) is 24.3 Å². The highest BCUT2D eigenvalue weighted by atomic mass is 16.5. The van der Waals surface area contributed by atoms with Crippen molar-refractivity contribution in [3.8, 4) is 0 Å². The molecule has 2 unspecified atom stereocenters. The van der Waals surface area contributed by atoms with Crippen LogP contribution >= 0.6 is 0 Å². The predicted octanol–water partition coefficient (Wildman–Crippen LogP) is 3.44. The zero-order valence-corrected chi connectivity index (χ0v) is 17.6. The molecule has 0 bridgehead atoms. The van der Waals surface area contributed by atoms with Crippen LogP contribution in [0.25, 0.3) is 0 Å². The van der Waals surface area contributed by atoms with Crippen molar-refractivity contribution in [1.82, 2.24) is 10.2 Å². The van der Waals surface area contributed by atoms with E-state index < -0.39 is 0 Å². The van der Waals surface area contributed by atoms with Gasteiger partial charge in [0.05, 0.1) is 12.2 Å². The van der Waals surface area contributed by atoms with Gasteiger partial charge in [0.15, 0.2) is 0 Å². The normalized spacial score (nSPS) is 21.8. The van der Waals surface area contributed by atoms with Gasteiger partial charge < -0.3 is 15.4 Å². The minimum absolute atomic E-state index is 0.0602. The average molecular weight is 408 g/mol. The molecule has 6 heteroatoms. The van der Waals surface area contributed by atoms with Crippen molar-refractivity contribution in [1.29, 1.82) is 0 Å². The lowest BCUT2D eigenvalue weighted by atomic mass is 10.1. The zero-order chi connectivity index (χ0) is 21.1. The smallest absolute Gasteiger partial charge is 0.255 e. The van der Waals surface area contributed by atoms with Gasteiger partial charge in [-0.1, -0.05) is 12.1 Å². The lowest BCUT2D eigenvalue weighted by Crippen LogP contribution is -2.44. The Bertz CT molecular complexity index is 881. The molecule has 30 heavy (non-hydrogen) atoms. The number of nitrogens with one attached hydrogen (secondary N) is 2. The molecule has 2 aliphatic rings. The van der Waals surface area contributed by atoms with E-state index >= 15 is 0 Å². The Balaban J connectivity index is 1.31. The summed E-state index contributed by atoms with van der Waals surface area (Å²) in [6.45, 7) is 6.89. The van der Waals surface area contributed by atoms with Crippen LogP contribution in [0.3, 0.4) is 0 Å². The van der Waals surface area contributed by atoms with Gasteiger partial charge in [-0.3, -0.25) is 14.5 Å². The first kappa shape index (κ1) is 20.6. The summed E-state index contributed by atoms with van der Waals surface area (Å²) >= 11 is 0. The largest absolute Gasteiger partial charge is 0.373 e. The van der Waals surface area contributed by atoms with Gasteiger partial charge in [0, 0.05) is 42.5 Å². The summed E-state index contributed by atoms with van der Waals surface area (Å²) in [6.07, 6.45) is 2.60. The molecule has 6 nitrogen and oxygen atoms in total. The molecular weight excluding hydrogens is 378 g/mol. The molecule has 2 N–H and O–H groups in total. The molecule has 4 rings (SSSR count). The zero-order valence-electron chi connectivity index (χ0n) is 17.6. The van der Waals surface area contributed by atoms with Gasteiger partial charge in [-0.25, -0.2) is 0 Å². The van der Waals surface area contributed by atoms with E-state index in [1.165, 1.54) is 5.56 Å². The summed E-state index contributed by atoms with van der Waals surface area (Å²) < 4.78 is 5.78. The van der Waals surface area contributed by atoms with E-state index in [1.54, 1.807) is 24.3 Å². The number of hydrogen-bond acceptors (Lipinski definition) is 4. The molecule has 2 fully saturated rings. The van der Waals surface area contributed by atoms with Crippen LogP contribution in [0.15, 0.2) is 48.5 Å². The second kappa shape index (κ2) is 8.98. The number of nitrogens with zero attached hydrogens (tertiary/aromatic N) is 1. The number of rotatable bonds is 6. The third-order valence-corrected chi connectivity index (χ3v) is 5.44. The summed E-state index contributed by atoms with van der Waals surface area (Å²) in [4.78, 5) is 27.0. The van der Waals surface area contributed by atoms with Crippen molar-refractivity contribution in [2.45, 2.75) is 51.5 Å². The molecule has 1 aliphatic heterocycles. The van der Waals surface area contributed by atoms with Crippen molar-refractivity contribution >= 4 is 17.5 Å². The highest BCUT2D eigenvalue weighted by Crippen LogP contribution is 2.20. The monoisotopic (exact) mass is 407 g/mol. The third kappa shape index (κ3) is 5.46. The summed E-state index contributed by atoms with van der Waals surface area (Å²) in [6, 6.07) is 15.0. The molecule has 0 radical (unpaired) electrons. The summed E-state index contributed by atoms with van der Waals surface area (Å²) in [5.41, 5.74) is 3.07. The van der Waals surface area contributed by atoms with Gasteiger partial charge in [0.1, 0.15) is 0 Å². The van der Waals surface area contributed by atoms with E-state index in [-0.39, 0.29) is 24.0 Å². The Morgan fingerprint density at radius 1 is 0.900 bits per heavy atom. The van der Waals surface area contributed by atoms with Crippen molar-refractivity contribution in [3.05, 3.63) is 65.2 Å². The maximum Gasteiger partial charge on any atom is 0.255 e. The van der Waals surface area contributed by atoms with Gasteiger partial charge >= 0.3 is 0 Å². The average Bonchev–Trinajstić information content (AvgIpc) is 3.52. The van der Waals surface area contributed by atoms with Crippen LogP contribution in [0.2, 0.25) is 0 Å². The molecule has 2 atom stereocenters. The quantitative estimate of drug-likeness (QED) is 0.770. The van der Waals surface area contributed by atoms with Crippen molar-refractivity contribution in [2.24, 2.45) is 0 Å². The van der Waals surface area contributed by atoms with Crippen molar-refractivity contribution < 1.29 is 14.3 Å². The van der Waals surface area contributed by atoms with E-state index in [0.717, 1.165) is 32.5 Å². The highest BCUT2D eigenvalue weighted by molar-refractivity contribution is 6.04. The number of carbonyl (C=O) groups is 2. The number of hydrogen-bond donors (Lipinski definition) is 2. The number of carbonyl (C=O) groups excluding carboxylic acids is 2. The van der Waals surface area contributed by atoms with Crippen molar-refractivity contribution in [3.63, 3.8) is 0 Å². The van der Waals surface area contributed by atoms with Crippen LogP contribution in [0.4, 0.5) is 5.69 Å². The molecule has 0 spiro atoms. The number of benzene rings is 2. The summed E-state index contributed by atoms with van der Waals surface area (Å²) in [7, 11) is 0. The highest BCUT2D eigenvalue weighted by Gasteiger charge is 2.24. The Hall–Kier alpha value is -2.70. The minimum atomic E-state index is -0.162. The van der Waals surface area contributed by atoms with E-state index in [9.17, 15) is 9.59 Å². The Morgan fingerprint density at radius 3 is 2.07 bits per heavy atom. The molecule has 1 heterocycles. The van der Waals surface area contributed by atoms with Gasteiger partial charge in [0.25, 0.3) is 11.8 Å². The number of amides is 2. The lowest BCUT2D eigenvalue weighted by Gasteiger charge is -2.35. The van der Waals surface area contributed by atoms with Gasteiger partial charge in [-0.15, -0.1) is 0 Å². The number of ether oxygens (including phenoxy) is 1. The molecule has 2 amide bonds. The molecule has 2 aromatic rings. The van der Waals surface area contributed by atoms with E-state index in [0.29, 0.717) is 22.9 Å². The maximum absolute atomic E-state index is 12.6. The van der Waals surface area contributed by atoms with E-state index in [2.05, 4.69) is 29.4 Å². The maximum atomic E-state index is 12.6. The SMILES string of the molecule is CC1CN(Cc2ccc(C(=O)Nc3ccc(C(=O)NC4CC4)cc3)cc2)CC(C)O1. The second-order valence-corrected chi connectivity index (χ2v) is 8.43. The van der Waals surface area contributed by atoms with Crippen LogP contribution < -0.4 is 10.6 Å². The molecule has 1 saturated heterocycles.